The summed E-state index contributed by atoms with van der Waals surface area (Å²) in [5.41, 5.74) is 3.35. The highest BCUT2D eigenvalue weighted by Crippen LogP contribution is 2.24. The van der Waals surface area contributed by atoms with E-state index >= 15 is 0 Å². The molecule has 0 spiro atoms. The summed E-state index contributed by atoms with van der Waals surface area (Å²) in [7, 11) is 0. The third kappa shape index (κ3) is 3.14. The van der Waals surface area contributed by atoms with Gasteiger partial charge in [-0.2, -0.15) is 5.26 Å². The highest BCUT2D eigenvalue weighted by atomic mass is 16.5. The number of H-pyrrole nitrogens is 1. The standard InChI is InChI=1S/C19H18N4O2/c1-13-2-4-16-17(10-13)22-19(21-16)14(12-20)11-15-3-5-18(25-15)23-6-8-24-9-7-23/h2-5,10-11H,6-9H2,1H3,(H,21,22). The molecule has 1 aromatic carbocycles. The van der Waals surface area contributed by atoms with Crippen LogP contribution in [0.25, 0.3) is 22.7 Å². The van der Waals surface area contributed by atoms with Crippen molar-refractivity contribution in [3.05, 3.63) is 47.5 Å². The molecular weight excluding hydrogens is 316 g/mol. The highest BCUT2D eigenvalue weighted by Gasteiger charge is 2.15. The van der Waals surface area contributed by atoms with Gasteiger partial charge in [0.15, 0.2) is 5.88 Å². The van der Waals surface area contributed by atoms with Gasteiger partial charge < -0.3 is 19.0 Å². The van der Waals surface area contributed by atoms with Crippen LogP contribution in [0.5, 0.6) is 0 Å². The lowest BCUT2D eigenvalue weighted by Gasteiger charge is -2.26. The average molecular weight is 334 g/mol. The summed E-state index contributed by atoms with van der Waals surface area (Å²) >= 11 is 0. The van der Waals surface area contributed by atoms with Crippen LogP contribution in [0.15, 0.2) is 34.7 Å². The molecule has 6 nitrogen and oxygen atoms in total. The van der Waals surface area contributed by atoms with Gasteiger partial charge in [-0.15, -0.1) is 0 Å². The lowest BCUT2D eigenvalue weighted by molar-refractivity contribution is 0.120. The Hall–Kier alpha value is -3.04. The Morgan fingerprint density at radius 3 is 2.92 bits per heavy atom. The van der Waals surface area contributed by atoms with Crippen molar-refractivity contribution in [2.75, 3.05) is 31.2 Å². The molecule has 1 N–H and O–H groups in total. The van der Waals surface area contributed by atoms with E-state index in [2.05, 4.69) is 20.9 Å². The van der Waals surface area contributed by atoms with Gasteiger partial charge >= 0.3 is 0 Å². The van der Waals surface area contributed by atoms with Crippen LogP contribution < -0.4 is 4.90 Å². The number of furan rings is 1. The first-order chi connectivity index (χ1) is 12.2. The van der Waals surface area contributed by atoms with Crippen LogP contribution in [0.1, 0.15) is 17.1 Å². The van der Waals surface area contributed by atoms with E-state index in [1.54, 1.807) is 6.08 Å². The number of morpholine rings is 1. The Morgan fingerprint density at radius 1 is 1.28 bits per heavy atom. The zero-order valence-corrected chi connectivity index (χ0v) is 14.0. The Morgan fingerprint density at radius 2 is 2.12 bits per heavy atom. The third-order valence-electron chi connectivity index (χ3n) is 4.23. The molecular formula is C19H18N4O2. The molecule has 4 rings (SSSR count). The fourth-order valence-corrected chi connectivity index (χ4v) is 2.92. The third-order valence-corrected chi connectivity index (χ3v) is 4.23. The number of hydrogen-bond acceptors (Lipinski definition) is 5. The van der Waals surface area contributed by atoms with Crippen molar-refractivity contribution in [1.82, 2.24) is 9.97 Å². The van der Waals surface area contributed by atoms with Gasteiger partial charge in [0, 0.05) is 25.2 Å². The fraction of sp³-hybridized carbons (Fsp3) is 0.263. The summed E-state index contributed by atoms with van der Waals surface area (Å²) in [6.07, 6.45) is 1.72. The molecule has 25 heavy (non-hydrogen) atoms. The number of aromatic amines is 1. The van der Waals surface area contributed by atoms with E-state index in [1.165, 1.54) is 0 Å². The molecule has 0 bridgehead atoms. The number of anilines is 1. The number of aromatic nitrogens is 2. The summed E-state index contributed by atoms with van der Waals surface area (Å²) < 4.78 is 11.2. The van der Waals surface area contributed by atoms with Gasteiger partial charge in [0.25, 0.3) is 0 Å². The molecule has 0 unspecified atom stereocenters. The zero-order chi connectivity index (χ0) is 17.2. The van der Waals surface area contributed by atoms with Gasteiger partial charge in [-0.25, -0.2) is 4.98 Å². The van der Waals surface area contributed by atoms with E-state index in [0.717, 1.165) is 35.6 Å². The maximum atomic E-state index is 9.53. The molecule has 126 valence electrons. The summed E-state index contributed by atoms with van der Waals surface area (Å²) in [5.74, 6) is 1.98. The van der Waals surface area contributed by atoms with Crippen molar-refractivity contribution >= 4 is 28.6 Å². The maximum absolute atomic E-state index is 9.53. The van der Waals surface area contributed by atoms with Crippen molar-refractivity contribution in [2.24, 2.45) is 0 Å². The number of nitriles is 1. The van der Waals surface area contributed by atoms with Gasteiger partial charge in [-0.05, 0) is 30.7 Å². The van der Waals surface area contributed by atoms with Crippen molar-refractivity contribution < 1.29 is 9.15 Å². The molecule has 1 fully saturated rings. The van der Waals surface area contributed by atoms with E-state index in [1.807, 2.05) is 37.3 Å². The van der Waals surface area contributed by atoms with E-state index in [-0.39, 0.29) is 0 Å². The van der Waals surface area contributed by atoms with E-state index in [0.29, 0.717) is 30.4 Å². The number of fused-ring (bicyclic) bond motifs is 1. The quantitative estimate of drug-likeness (QED) is 0.743. The normalized spacial score (nSPS) is 15.5. The fourth-order valence-electron chi connectivity index (χ4n) is 2.92. The molecule has 0 radical (unpaired) electrons. The van der Waals surface area contributed by atoms with Crippen molar-refractivity contribution in [3.8, 4) is 6.07 Å². The second kappa shape index (κ2) is 6.46. The predicted octanol–water partition coefficient (Wildman–Crippen LogP) is 3.37. The average Bonchev–Trinajstić information content (AvgIpc) is 3.26. The molecule has 3 heterocycles. The van der Waals surface area contributed by atoms with Gasteiger partial charge in [0.1, 0.15) is 17.7 Å². The van der Waals surface area contributed by atoms with Crippen LogP contribution in [0.3, 0.4) is 0 Å². The molecule has 3 aromatic rings. The number of imidazole rings is 1. The SMILES string of the molecule is Cc1ccc2nc(C(C#N)=Cc3ccc(N4CCOCC4)o3)[nH]c2c1. The minimum atomic E-state index is 0.441. The number of hydrogen-bond donors (Lipinski definition) is 1. The predicted molar refractivity (Wildman–Crippen MR) is 96.1 cm³/mol. The van der Waals surface area contributed by atoms with Crippen LogP contribution >= 0.6 is 0 Å². The van der Waals surface area contributed by atoms with Crippen LogP contribution in [0.2, 0.25) is 0 Å². The minimum Gasteiger partial charge on any atom is -0.441 e. The van der Waals surface area contributed by atoms with Gasteiger partial charge in [-0.3, -0.25) is 0 Å². The maximum Gasteiger partial charge on any atom is 0.196 e. The summed E-state index contributed by atoms with van der Waals surface area (Å²) in [5, 5.41) is 9.53. The Labute approximate surface area is 145 Å². The monoisotopic (exact) mass is 334 g/mol. The van der Waals surface area contributed by atoms with Crippen molar-refractivity contribution in [1.29, 1.82) is 5.26 Å². The number of ether oxygens (including phenoxy) is 1. The van der Waals surface area contributed by atoms with Gasteiger partial charge in [-0.1, -0.05) is 6.07 Å². The second-order valence-corrected chi connectivity index (χ2v) is 6.05. The first-order valence-corrected chi connectivity index (χ1v) is 8.24. The molecule has 0 saturated carbocycles. The van der Waals surface area contributed by atoms with Crippen LogP contribution in [0.4, 0.5) is 5.88 Å². The molecule has 0 atom stereocenters. The second-order valence-electron chi connectivity index (χ2n) is 6.05. The summed E-state index contributed by atoms with van der Waals surface area (Å²) in [6, 6.07) is 12.0. The number of benzene rings is 1. The van der Waals surface area contributed by atoms with E-state index < -0.39 is 0 Å². The molecule has 1 aliphatic heterocycles. The molecule has 1 saturated heterocycles. The van der Waals surface area contributed by atoms with Crippen LogP contribution in [-0.2, 0) is 4.74 Å². The molecule has 0 amide bonds. The van der Waals surface area contributed by atoms with Crippen molar-refractivity contribution in [3.63, 3.8) is 0 Å². The summed E-state index contributed by atoms with van der Waals surface area (Å²) in [6.45, 7) is 5.05. The number of nitrogens with one attached hydrogen (secondary N) is 1. The molecule has 0 aliphatic carbocycles. The largest absolute Gasteiger partial charge is 0.441 e. The first-order valence-electron chi connectivity index (χ1n) is 8.24. The zero-order valence-electron chi connectivity index (χ0n) is 14.0. The highest BCUT2D eigenvalue weighted by molar-refractivity contribution is 5.89. The molecule has 6 heteroatoms. The Bertz CT molecular complexity index is 971. The van der Waals surface area contributed by atoms with Crippen molar-refractivity contribution in [2.45, 2.75) is 6.92 Å². The van der Waals surface area contributed by atoms with Gasteiger partial charge in [0.05, 0.1) is 29.8 Å². The van der Waals surface area contributed by atoms with E-state index in [9.17, 15) is 5.26 Å². The lowest BCUT2D eigenvalue weighted by Crippen LogP contribution is -2.35. The number of aryl methyl sites for hydroxylation is 1. The van der Waals surface area contributed by atoms with E-state index in [4.69, 9.17) is 9.15 Å². The first kappa shape index (κ1) is 15.5. The lowest BCUT2D eigenvalue weighted by atomic mass is 10.2. The Balaban J connectivity index is 1.63. The number of rotatable bonds is 3. The minimum absolute atomic E-state index is 0.441. The number of nitrogens with zero attached hydrogens (tertiary/aromatic N) is 3. The Kier molecular flexibility index (Phi) is 4.00. The van der Waals surface area contributed by atoms with Gasteiger partial charge in [0.2, 0.25) is 0 Å². The smallest absolute Gasteiger partial charge is 0.196 e. The topological polar surface area (TPSA) is 78.1 Å². The molecule has 2 aromatic heterocycles. The van der Waals surface area contributed by atoms with Crippen LogP contribution in [0, 0.1) is 18.3 Å². The molecule has 1 aliphatic rings. The van der Waals surface area contributed by atoms with Crippen LogP contribution in [-0.4, -0.2) is 36.3 Å². The summed E-state index contributed by atoms with van der Waals surface area (Å²) in [4.78, 5) is 9.85. The number of allylic oxidation sites excluding steroid dienone is 1.